The minimum absolute atomic E-state index is 0.107. The van der Waals surface area contributed by atoms with Crippen LogP contribution in [0.4, 0.5) is 0 Å². The second-order valence-corrected chi connectivity index (χ2v) is 29.0. The van der Waals surface area contributed by atoms with Gasteiger partial charge in [0.05, 0.1) is 26.4 Å². The number of hydrogen-bond acceptors (Lipinski definition) is 15. The summed E-state index contributed by atoms with van der Waals surface area (Å²) in [5.41, 5.74) is 0. The van der Waals surface area contributed by atoms with Crippen molar-refractivity contribution in [3.63, 3.8) is 0 Å². The van der Waals surface area contributed by atoms with Gasteiger partial charge in [-0.15, -0.1) is 0 Å². The summed E-state index contributed by atoms with van der Waals surface area (Å²) in [7, 11) is -9.90. The van der Waals surface area contributed by atoms with Gasteiger partial charge in [0, 0.05) is 25.7 Å². The van der Waals surface area contributed by atoms with Crippen molar-refractivity contribution in [3.8, 4) is 0 Å². The molecule has 0 aliphatic heterocycles. The van der Waals surface area contributed by atoms with E-state index in [0.717, 1.165) is 96.3 Å². The van der Waals surface area contributed by atoms with E-state index in [1.807, 2.05) is 0 Å². The number of hydrogen-bond donors (Lipinski definition) is 3. The quantitative estimate of drug-likeness (QED) is 0.0222. The molecule has 0 spiro atoms. The Kier molecular flexibility index (Phi) is 63.0. The van der Waals surface area contributed by atoms with E-state index in [4.69, 9.17) is 37.0 Å². The molecule has 0 aliphatic carbocycles. The molecule has 19 heteroatoms. The molecule has 0 rings (SSSR count). The molecule has 0 saturated heterocycles. The fraction of sp³-hybridized carbons (Fsp3) is 0.944. The lowest BCUT2D eigenvalue weighted by molar-refractivity contribution is -0.161. The highest BCUT2D eigenvalue weighted by atomic mass is 31.2. The molecule has 2 unspecified atom stereocenters. The predicted molar refractivity (Wildman–Crippen MR) is 363 cm³/mol. The number of aliphatic hydroxyl groups is 1. The van der Waals surface area contributed by atoms with Crippen molar-refractivity contribution in [3.05, 3.63) is 0 Å². The topological polar surface area (TPSA) is 237 Å². The van der Waals surface area contributed by atoms with Gasteiger partial charge in [-0.3, -0.25) is 37.3 Å². The van der Waals surface area contributed by atoms with Crippen LogP contribution in [-0.4, -0.2) is 96.7 Å². The average molecular weight is 1330 g/mol. The molecule has 3 N–H and O–H groups in total. The maximum atomic E-state index is 13.0. The van der Waals surface area contributed by atoms with Crippen LogP contribution in [0.15, 0.2) is 0 Å². The van der Waals surface area contributed by atoms with Crippen LogP contribution in [0.5, 0.6) is 0 Å². The number of aliphatic hydroxyl groups excluding tert-OH is 1. The molecule has 0 aliphatic rings. The average Bonchev–Trinajstić information content (AvgIpc) is 2.26. The van der Waals surface area contributed by atoms with Crippen LogP contribution in [0.25, 0.3) is 0 Å². The number of carbonyl (C=O) groups excluding carboxylic acids is 4. The van der Waals surface area contributed by atoms with Crippen molar-refractivity contribution in [1.29, 1.82) is 0 Å². The zero-order valence-corrected chi connectivity index (χ0v) is 60.1. The summed E-state index contributed by atoms with van der Waals surface area (Å²) in [6.45, 7) is 7.18. The van der Waals surface area contributed by atoms with E-state index in [2.05, 4.69) is 34.6 Å². The van der Waals surface area contributed by atoms with Gasteiger partial charge >= 0.3 is 39.5 Å². The first kappa shape index (κ1) is 88.1. The van der Waals surface area contributed by atoms with Gasteiger partial charge in [-0.2, -0.15) is 0 Å². The van der Waals surface area contributed by atoms with Crippen molar-refractivity contribution in [2.45, 2.75) is 387 Å². The van der Waals surface area contributed by atoms with Crippen LogP contribution in [0, 0.1) is 5.92 Å². The minimum Gasteiger partial charge on any atom is -0.462 e. The normalized spacial score (nSPS) is 14.1. The van der Waals surface area contributed by atoms with Gasteiger partial charge in [-0.1, -0.05) is 317 Å². The highest BCUT2D eigenvalue weighted by Gasteiger charge is 2.30. The molecule has 0 aromatic rings. The number of carbonyl (C=O) groups is 4. The zero-order valence-electron chi connectivity index (χ0n) is 58.3. The number of unbranched alkanes of at least 4 members (excludes halogenated alkanes) is 43. The van der Waals surface area contributed by atoms with E-state index in [1.165, 1.54) is 186 Å². The highest BCUT2D eigenvalue weighted by molar-refractivity contribution is 7.47. The Balaban J connectivity index is 5.16. The molecule has 0 radical (unpaired) electrons. The molecular formula is C71H138O17P2. The summed E-state index contributed by atoms with van der Waals surface area (Å²) >= 11 is 0. The van der Waals surface area contributed by atoms with Gasteiger partial charge in [0.2, 0.25) is 0 Å². The maximum Gasteiger partial charge on any atom is 0.472 e. The monoisotopic (exact) mass is 1320 g/mol. The Morgan fingerprint density at radius 1 is 0.300 bits per heavy atom. The molecule has 5 atom stereocenters. The van der Waals surface area contributed by atoms with Crippen molar-refractivity contribution in [2.75, 3.05) is 39.6 Å². The Morgan fingerprint density at radius 3 is 0.756 bits per heavy atom. The molecule has 0 aromatic carbocycles. The standard InChI is InChI=1S/C71H138O17P2/c1-6-9-12-15-18-21-24-25-26-27-28-29-30-31-32-33-36-41-47-52-57-71(76)88-67(61-82-69(74)55-50-45-42-37-38-43-48-53-64(4)5)63-86-90(79,80)84-59-65(72)58-83-89(77,78)85-62-66(87-70(75)56-51-46-40-35-23-20-17-14-11-8-3)60-81-68(73)54-49-44-39-34-22-19-16-13-10-7-2/h64-67,72H,6-63H2,1-5H3,(H,77,78)(H,79,80)/t65-,66+,67+/m0/s1. The lowest BCUT2D eigenvalue weighted by Gasteiger charge is -2.21. The predicted octanol–water partition coefficient (Wildman–Crippen LogP) is 20.5. The van der Waals surface area contributed by atoms with Crippen molar-refractivity contribution in [1.82, 2.24) is 0 Å². The Bertz CT molecular complexity index is 1740. The van der Waals surface area contributed by atoms with Crippen LogP contribution in [0.2, 0.25) is 0 Å². The Morgan fingerprint density at radius 2 is 0.511 bits per heavy atom. The summed E-state index contributed by atoms with van der Waals surface area (Å²) in [4.78, 5) is 72.5. The van der Waals surface area contributed by atoms with E-state index < -0.39 is 97.5 Å². The summed E-state index contributed by atoms with van der Waals surface area (Å²) in [6, 6.07) is 0. The highest BCUT2D eigenvalue weighted by Crippen LogP contribution is 2.45. The van der Waals surface area contributed by atoms with Crippen molar-refractivity contribution >= 4 is 39.5 Å². The van der Waals surface area contributed by atoms with Crippen LogP contribution in [0.3, 0.4) is 0 Å². The van der Waals surface area contributed by atoms with Gasteiger partial charge in [-0.05, 0) is 31.6 Å². The molecule has 0 amide bonds. The summed E-state index contributed by atoms with van der Waals surface area (Å²) in [5.74, 6) is -1.42. The smallest absolute Gasteiger partial charge is 0.462 e. The van der Waals surface area contributed by atoms with Crippen LogP contribution in [-0.2, 0) is 65.4 Å². The van der Waals surface area contributed by atoms with Gasteiger partial charge in [0.1, 0.15) is 19.3 Å². The van der Waals surface area contributed by atoms with E-state index in [1.54, 1.807) is 0 Å². The molecule has 0 aromatic heterocycles. The molecule has 90 heavy (non-hydrogen) atoms. The van der Waals surface area contributed by atoms with E-state index >= 15 is 0 Å². The number of ether oxygens (including phenoxy) is 4. The summed E-state index contributed by atoms with van der Waals surface area (Å²) in [5, 5.41) is 10.6. The van der Waals surface area contributed by atoms with Crippen LogP contribution < -0.4 is 0 Å². The zero-order chi connectivity index (χ0) is 66.3. The first-order chi connectivity index (χ1) is 43.5. The van der Waals surface area contributed by atoms with E-state index in [9.17, 15) is 43.2 Å². The third kappa shape index (κ3) is 64.8. The molecule has 0 bridgehead atoms. The summed E-state index contributed by atoms with van der Waals surface area (Å²) in [6.07, 6.45) is 51.5. The van der Waals surface area contributed by atoms with Gasteiger partial charge in [0.15, 0.2) is 12.2 Å². The van der Waals surface area contributed by atoms with Crippen molar-refractivity contribution in [2.24, 2.45) is 5.92 Å². The summed E-state index contributed by atoms with van der Waals surface area (Å²) < 4.78 is 68.2. The number of esters is 4. The van der Waals surface area contributed by atoms with E-state index in [-0.39, 0.29) is 25.7 Å². The van der Waals surface area contributed by atoms with Crippen LogP contribution >= 0.6 is 15.6 Å². The fourth-order valence-corrected chi connectivity index (χ4v) is 12.4. The third-order valence-corrected chi connectivity index (χ3v) is 18.4. The first-order valence-electron chi connectivity index (χ1n) is 37.1. The van der Waals surface area contributed by atoms with Crippen molar-refractivity contribution < 1.29 is 80.2 Å². The maximum absolute atomic E-state index is 13.0. The lowest BCUT2D eigenvalue weighted by Crippen LogP contribution is -2.30. The molecular weight excluding hydrogens is 1190 g/mol. The second-order valence-electron chi connectivity index (χ2n) is 26.1. The molecule has 0 heterocycles. The Labute approximate surface area is 549 Å². The SMILES string of the molecule is CCCCCCCCCCCCCCCCCCCCCCC(=O)O[C@H](COC(=O)CCCCCCCCCC(C)C)COP(=O)(O)OC[C@@H](O)COP(=O)(O)OC[C@@H](COC(=O)CCCCCCCCCCCC)OC(=O)CCCCCCCCCCCC. The number of phosphoric acid groups is 2. The molecule has 17 nitrogen and oxygen atoms in total. The first-order valence-corrected chi connectivity index (χ1v) is 40.1. The lowest BCUT2D eigenvalue weighted by atomic mass is 10.0. The number of phosphoric ester groups is 2. The third-order valence-electron chi connectivity index (χ3n) is 16.5. The second kappa shape index (κ2) is 64.4. The van der Waals surface area contributed by atoms with Crippen LogP contribution in [0.1, 0.15) is 369 Å². The molecule has 0 saturated carbocycles. The van der Waals surface area contributed by atoms with Gasteiger partial charge in [-0.25, -0.2) is 9.13 Å². The minimum atomic E-state index is -4.95. The molecule has 0 fully saturated rings. The van der Waals surface area contributed by atoms with Gasteiger partial charge in [0.25, 0.3) is 0 Å². The molecule has 534 valence electrons. The number of rotatable bonds is 71. The van der Waals surface area contributed by atoms with Gasteiger partial charge < -0.3 is 33.8 Å². The fourth-order valence-electron chi connectivity index (χ4n) is 10.8. The largest absolute Gasteiger partial charge is 0.472 e. The van der Waals surface area contributed by atoms with E-state index in [0.29, 0.717) is 31.6 Å². The Hall–Kier alpha value is -1.94.